The SMILES string of the molecule is Cc1cc(Sc2cnccn2)c(C(C)N)cc1F. The first-order valence-electron chi connectivity index (χ1n) is 5.57. The van der Waals surface area contributed by atoms with Crippen molar-refractivity contribution in [2.75, 3.05) is 0 Å². The Kier molecular flexibility index (Phi) is 3.93. The van der Waals surface area contributed by atoms with Crippen LogP contribution in [0, 0.1) is 12.7 Å². The van der Waals surface area contributed by atoms with E-state index >= 15 is 0 Å². The van der Waals surface area contributed by atoms with Crippen LogP contribution in [0.4, 0.5) is 4.39 Å². The van der Waals surface area contributed by atoms with Gasteiger partial charge in [-0.1, -0.05) is 11.8 Å². The molecule has 0 radical (unpaired) electrons. The number of rotatable bonds is 3. The van der Waals surface area contributed by atoms with Gasteiger partial charge in [0.2, 0.25) is 0 Å². The third kappa shape index (κ3) is 2.86. The van der Waals surface area contributed by atoms with Crippen LogP contribution in [0.15, 0.2) is 40.6 Å². The monoisotopic (exact) mass is 263 g/mol. The quantitative estimate of drug-likeness (QED) is 0.924. The van der Waals surface area contributed by atoms with Gasteiger partial charge in [-0.25, -0.2) is 9.37 Å². The first-order valence-corrected chi connectivity index (χ1v) is 6.39. The van der Waals surface area contributed by atoms with Gasteiger partial charge in [0.15, 0.2) is 0 Å². The van der Waals surface area contributed by atoms with E-state index in [1.165, 1.54) is 17.8 Å². The van der Waals surface area contributed by atoms with Gasteiger partial charge in [0.05, 0.1) is 6.20 Å². The lowest BCUT2D eigenvalue weighted by molar-refractivity contribution is 0.610. The van der Waals surface area contributed by atoms with Crippen LogP contribution in [0.1, 0.15) is 24.1 Å². The molecule has 1 atom stereocenters. The van der Waals surface area contributed by atoms with Gasteiger partial charge in [-0.2, -0.15) is 0 Å². The standard InChI is InChI=1S/C13H14FN3S/c1-8-5-12(10(9(2)15)6-11(8)14)18-13-7-16-3-4-17-13/h3-7,9H,15H2,1-2H3. The summed E-state index contributed by atoms with van der Waals surface area (Å²) in [7, 11) is 0. The first kappa shape index (κ1) is 13.0. The molecule has 0 saturated heterocycles. The summed E-state index contributed by atoms with van der Waals surface area (Å²) in [6, 6.07) is 3.07. The van der Waals surface area contributed by atoms with Crippen molar-refractivity contribution in [2.24, 2.45) is 5.73 Å². The fourth-order valence-corrected chi connectivity index (χ4v) is 2.62. The van der Waals surface area contributed by atoms with E-state index in [2.05, 4.69) is 9.97 Å². The maximum Gasteiger partial charge on any atom is 0.126 e. The molecule has 5 heteroatoms. The molecule has 18 heavy (non-hydrogen) atoms. The smallest absolute Gasteiger partial charge is 0.126 e. The molecule has 2 N–H and O–H groups in total. The molecule has 0 aliphatic heterocycles. The molecule has 0 amide bonds. The Hall–Kier alpha value is -1.46. The fourth-order valence-electron chi connectivity index (χ4n) is 1.57. The van der Waals surface area contributed by atoms with Crippen molar-refractivity contribution >= 4 is 11.8 Å². The van der Waals surface area contributed by atoms with Crippen LogP contribution >= 0.6 is 11.8 Å². The normalized spacial score (nSPS) is 12.4. The first-order chi connectivity index (χ1) is 8.58. The highest BCUT2D eigenvalue weighted by Crippen LogP contribution is 2.33. The zero-order valence-electron chi connectivity index (χ0n) is 10.2. The van der Waals surface area contributed by atoms with Gasteiger partial charge in [0, 0.05) is 23.3 Å². The lowest BCUT2D eigenvalue weighted by atomic mass is 10.1. The highest BCUT2D eigenvalue weighted by Gasteiger charge is 2.12. The number of aromatic nitrogens is 2. The van der Waals surface area contributed by atoms with Crippen LogP contribution in [0.5, 0.6) is 0 Å². The number of halogens is 1. The maximum absolute atomic E-state index is 13.6. The number of nitrogens with two attached hydrogens (primary N) is 1. The summed E-state index contributed by atoms with van der Waals surface area (Å²) in [5, 5.41) is 0.769. The predicted molar refractivity (Wildman–Crippen MR) is 69.9 cm³/mol. The summed E-state index contributed by atoms with van der Waals surface area (Å²) < 4.78 is 13.6. The van der Waals surface area contributed by atoms with Crippen LogP contribution in [-0.4, -0.2) is 9.97 Å². The summed E-state index contributed by atoms with van der Waals surface area (Å²) in [5.74, 6) is -0.231. The van der Waals surface area contributed by atoms with Gasteiger partial charge in [0.25, 0.3) is 0 Å². The van der Waals surface area contributed by atoms with Crippen LogP contribution in [0.3, 0.4) is 0 Å². The molecule has 1 aromatic carbocycles. The number of aryl methyl sites for hydroxylation is 1. The minimum absolute atomic E-state index is 0.223. The summed E-state index contributed by atoms with van der Waals surface area (Å²) in [4.78, 5) is 9.12. The highest BCUT2D eigenvalue weighted by atomic mass is 32.2. The predicted octanol–water partition coefficient (Wildman–Crippen LogP) is 3.10. The van der Waals surface area contributed by atoms with Crippen molar-refractivity contribution in [2.45, 2.75) is 29.8 Å². The second-order valence-electron chi connectivity index (χ2n) is 4.07. The summed E-state index contributed by atoms with van der Waals surface area (Å²) >= 11 is 1.45. The van der Waals surface area contributed by atoms with Gasteiger partial charge in [-0.3, -0.25) is 4.98 Å². The summed E-state index contributed by atoms with van der Waals surface area (Å²) in [6.45, 7) is 3.58. The van der Waals surface area contributed by atoms with Crippen LogP contribution in [-0.2, 0) is 0 Å². The summed E-state index contributed by atoms with van der Waals surface area (Å²) in [6.07, 6.45) is 4.92. The molecular formula is C13H14FN3S. The largest absolute Gasteiger partial charge is 0.324 e. The molecule has 0 aliphatic carbocycles. The molecule has 0 bridgehead atoms. The summed E-state index contributed by atoms with van der Waals surface area (Å²) in [5.41, 5.74) is 7.26. The zero-order chi connectivity index (χ0) is 13.1. The minimum Gasteiger partial charge on any atom is -0.324 e. The molecule has 1 aromatic heterocycles. The van der Waals surface area contributed by atoms with E-state index in [0.717, 1.165) is 15.5 Å². The molecule has 1 unspecified atom stereocenters. The molecule has 0 aliphatic rings. The molecule has 2 aromatic rings. The molecule has 0 spiro atoms. The number of benzene rings is 1. The average Bonchev–Trinajstić information content (AvgIpc) is 2.34. The fraction of sp³-hybridized carbons (Fsp3) is 0.231. The van der Waals surface area contributed by atoms with E-state index in [4.69, 9.17) is 5.73 Å². The lowest BCUT2D eigenvalue weighted by Crippen LogP contribution is -2.07. The highest BCUT2D eigenvalue weighted by molar-refractivity contribution is 7.99. The average molecular weight is 263 g/mol. The number of hydrogen-bond acceptors (Lipinski definition) is 4. The third-order valence-electron chi connectivity index (χ3n) is 2.54. The van der Waals surface area contributed by atoms with Gasteiger partial charge >= 0.3 is 0 Å². The Morgan fingerprint density at radius 2 is 2.11 bits per heavy atom. The van der Waals surface area contributed by atoms with Gasteiger partial charge in [-0.15, -0.1) is 0 Å². The van der Waals surface area contributed by atoms with E-state index in [1.807, 2.05) is 6.92 Å². The van der Waals surface area contributed by atoms with Crippen molar-refractivity contribution in [3.8, 4) is 0 Å². The van der Waals surface area contributed by atoms with E-state index in [-0.39, 0.29) is 11.9 Å². The van der Waals surface area contributed by atoms with E-state index in [1.54, 1.807) is 31.6 Å². The van der Waals surface area contributed by atoms with Crippen molar-refractivity contribution in [3.05, 3.63) is 47.7 Å². The van der Waals surface area contributed by atoms with E-state index in [0.29, 0.717) is 5.56 Å². The second-order valence-corrected chi connectivity index (χ2v) is 5.14. The van der Waals surface area contributed by atoms with Gasteiger partial charge in [-0.05, 0) is 37.1 Å². The van der Waals surface area contributed by atoms with Crippen molar-refractivity contribution in [3.63, 3.8) is 0 Å². The molecule has 2 rings (SSSR count). The Bertz CT molecular complexity index is 543. The van der Waals surface area contributed by atoms with Gasteiger partial charge < -0.3 is 5.73 Å². The minimum atomic E-state index is -0.231. The van der Waals surface area contributed by atoms with Crippen LogP contribution < -0.4 is 5.73 Å². The van der Waals surface area contributed by atoms with Crippen molar-refractivity contribution < 1.29 is 4.39 Å². The number of hydrogen-bond donors (Lipinski definition) is 1. The van der Waals surface area contributed by atoms with Gasteiger partial charge in [0.1, 0.15) is 10.8 Å². The van der Waals surface area contributed by atoms with Crippen LogP contribution in [0.25, 0.3) is 0 Å². The second kappa shape index (κ2) is 5.46. The van der Waals surface area contributed by atoms with Crippen LogP contribution in [0.2, 0.25) is 0 Å². The maximum atomic E-state index is 13.6. The van der Waals surface area contributed by atoms with Crippen molar-refractivity contribution in [1.82, 2.24) is 9.97 Å². The van der Waals surface area contributed by atoms with E-state index < -0.39 is 0 Å². The molecule has 94 valence electrons. The molecule has 0 saturated carbocycles. The molecule has 0 fully saturated rings. The zero-order valence-corrected chi connectivity index (χ0v) is 11.0. The lowest BCUT2D eigenvalue weighted by Gasteiger charge is -2.13. The Morgan fingerprint density at radius 1 is 1.33 bits per heavy atom. The Labute approximate surface area is 110 Å². The number of nitrogens with zero attached hydrogens (tertiary/aromatic N) is 2. The third-order valence-corrected chi connectivity index (χ3v) is 3.53. The molecular weight excluding hydrogens is 249 g/mol. The molecule has 1 heterocycles. The topological polar surface area (TPSA) is 51.8 Å². The van der Waals surface area contributed by atoms with E-state index in [9.17, 15) is 4.39 Å². The Morgan fingerprint density at radius 3 is 2.72 bits per heavy atom. The van der Waals surface area contributed by atoms with Crippen molar-refractivity contribution in [1.29, 1.82) is 0 Å². The molecule has 3 nitrogen and oxygen atoms in total. The Balaban J connectivity index is 2.40.